The normalized spacial score (nSPS) is 14.7. The lowest BCUT2D eigenvalue weighted by molar-refractivity contribution is 0.684. The number of nitrogens with zero attached hydrogens (tertiary/aromatic N) is 3. The topological polar surface area (TPSA) is 42.7 Å². The van der Waals surface area contributed by atoms with Crippen LogP contribution in [0.4, 0.5) is 0 Å². The van der Waals surface area contributed by atoms with Gasteiger partial charge in [-0.05, 0) is 43.9 Å². The molecule has 4 nitrogen and oxygen atoms in total. The summed E-state index contributed by atoms with van der Waals surface area (Å²) in [5.41, 5.74) is 2.49. The zero-order valence-electron chi connectivity index (χ0n) is 12.3. The molecule has 0 radical (unpaired) electrons. The van der Waals surface area contributed by atoms with Crippen molar-refractivity contribution >= 4 is 0 Å². The third-order valence-electron chi connectivity index (χ3n) is 3.68. The van der Waals surface area contributed by atoms with Crippen molar-refractivity contribution in [1.29, 1.82) is 0 Å². The number of imidazole rings is 1. The molecule has 2 aromatic heterocycles. The van der Waals surface area contributed by atoms with Gasteiger partial charge in [0.1, 0.15) is 11.6 Å². The molecule has 0 bridgehead atoms. The van der Waals surface area contributed by atoms with Crippen LogP contribution >= 0.6 is 0 Å². The van der Waals surface area contributed by atoms with Crippen molar-refractivity contribution in [2.75, 3.05) is 0 Å². The second-order valence-electron chi connectivity index (χ2n) is 5.57. The van der Waals surface area contributed by atoms with Gasteiger partial charge in [-0.3, -0.25) is 4.57 Å². The van der Waals surface area contributed by atoms with Gasteiger partial charge in [-0.15, -0.1) is 0 Å². The smallest absolute Gasteiger partial charge is 0.138 e. The van der Waals surface area contributed by atoms with E-state index in [1.165, 1.54) is 24.1 Å². The minimum atomic E-state index is 0.733. The second kappa shape index (κ2) is 5.75. The highest BCUT2D eigenvalue weighted by Crippen LogP contribution is 2.20. The van der Waals surface area contributed by atoms with Gasteiger partial charge < -0.3 is 5.32 Å². The number of aryl methyl sites for hydroxylation is 2. The third-order valence-corrected chi connectivity index (χ3v) is 3.68. The van der Waals surface area contributed by atoms with Gasteiger partial charge in [0.05, 0.1) is 0 Å². The van der Waals surface area contributed by atoms with Crippen molar-refractivity contribution in [1.82, 2.24) is 19.9 Å². The molecule has 1 saturated carbocycles. The molecule has 0 aliphatic heterocycles. The van der Waals surface area contributed by atoms with Crippen molar-refractivity contribution < 1.29 is 0 Å². The molecule has 1 N–H and O–H groups in total. The number of aromatic nitrogens is 3. The minimum Gasteiger partial charge on any atom is -0.310 e. The van der Waals surface area contributed by atoms with E-state index in [1.54, 1.807) is 0 Å². The second-order valence-corrected chi connectivity index (χ2v) is 5.57. The summed E-state index contributed by atoms with van der Waals surface area (Å²) in [5.74, 6) is 1.96. The van der Waals surface area contributed by atoms with Gasteiger partial charge in [0, 0.05) is 30.7 Å². The Morgan fingerprint density at radius 1 is 1.35 bits per heavy atom. The average Bonchev–Trinajstić information content (AvgIpc) is 3.17. The molecule has 2 heterocycles. The molecular weight excluding hydrogens is 248 g/mol. The molecule has 4 heteroatoms. The van der Waals surface area contributed by atoms with Crippen LogP contribution in [-0.4, -0.2) is 20.6 Å². The first-order valence-electron chi connectivity index (χ1n) is 7.50. The quantitative estimate of drug-likeness (QED) is 0.877. The van der Waals surface area contributed by atoms with Crippen LogP contribution < -0.4 is 5.32 Å². The third kappa shape index (κ3) is 3.07. The summed E-state index contributed by atoms with van der Waals surface area (Å²) < 4.78 is 2.06. The van der Waals surface area contributed by atoms with E-state index in [0.29, 0.717) is 0 Å². The largest absolute Gasteiger partial charge is 0.310 e. The number of nitrogens with one attached hydrogen (secondary N) is 1. The van der Waals surface area contributed by atoms with Crippen molar-refractivity contribution in [3.8, 4) is 5.82 Å². The first-order valence-corrected chi connectivity index (χ1v) is 7.50. The van der Waals surface area contributed by atoms with E-state index in [4.69, 9.17) is 4.98 Å². The van der Waals surface area contributed by atoms with E-state index >= 15 is 0 Å². The van der Waals surface area contributed by atoms with E-state index in [9.17, 15) is 0 Å². The minimum absolute atomic E-state index is 0.733. The van der Waals surface area contributed by atoms with Crippen LogP contribution in [0.1, 0.15) is 43.3 Å². The number of hydrogen-bond acceptors (Lipinski definition) is 3. The molecule has 3 rings (SSSR count). The van der Waals surface area contributed by atoms with E-state index in [1.807, 2.05) is 19.3 Å². The monoisotopic (exact) mass is 270 g/mol. The molecule has 0 saturated heterocycles. The molecular formula is C16H22N4. The van der Waals surface area contributed by atoms with E-state index in [0.717, 1.165) is 37.1 Å². The summed E-state index contributed by atoms with van der Waals surface area (Å²) in [6, 6.07) is 5.13. The molecule has 0 atom stereocenters. The van der Waals surface area contributed by atoms with Gasteiger partial charge in [0.25, 0.3) is 0 Å². The summed E-state index contributed by atoms with van der Waals surface area (Å²) in [7, 11) is 0. The van der Waals surface area contributed by atoms with Crippen LogP contribution in [0.3, 0.4) is 0 Å². The van der Waals surface area contributed by atoms with E-state index < -0.39 is 0 Å². The maximum Gasteiger partial charge on any atom is 0.138 e. The lowest BCUT2D eigenvalue weighted by Gasteiger charge is -2.11. The van der Waals surface area contributed by atoms with Gasteiger partial charge in [-0.25, -0.2) is 9.97 Å². The van der Waals surface area contributed by atoms with E-state index in [2.05, 4.69) is 33.9 Å². The zero-order valence-corrected chi connectivity index (χ0v) is 12.3. The summed E-state index contributed by atoms with van der Waals surface area (Å²) in [4.78, 5) is 9.05. The van der Waals surface area contributed by atoms with Crippen molar-refractivity contribution in [3.05, 3.63) is 41.6 Å². The first-order chi connectivity index (χ1) is 9.76. The van der Waals surface area contributed by atoms with Crippen LogP contribution in [0.15, 0.2) is 24.5 Å². The fourth-order valence-electron chi connectivity index (χ4n) is 2.41. The Labute approximate surface area is 120 Å². The Kier molecular flexibility index (Phi) is 3.83. The fourth-order valence-corrected chi connectivity index (χ4v) is 2.41. The Morgan fingerprint density at radius 3 is 2.85 bits per heavy atom. The van der Waals surface area contributed by atoms with Crippen molar-refractivity contribution in [2.45, 2.75) is 52.1 Å². The predicted octanol–water partition coefficient (Wildman–Crippen LogP) is 2.78. The predicted molar refractivity (Wildman–Crippen MR) is 80.0 cm³/mol. The molecule has 0 spiro atoms. The molecule has 0 aromatic carbocycles. The first kappa shape index (κ1) is 13.3. The van der Waals surface area contributed by atoms with Crippen LogP contribution in [-0.2, 0) is 13.0 Å². The lowest BCUT2D eigenvalue weighted by Crippen LogP contribution is -2.16. The van der Waals surface area contributed by atoms with Gasteiger partial charge >= 0.3 is 0 Å². The van der Waals surface area contributed by atoms with Crippen LogP contribution in [0.2, 0.25) is 0 Å². The van der Waals surface area contributed by atoms with Crippen molar-refractivity contribution in [3.63, 3.8) is 0 Å². The highest BCUT2D eigenvalue weighted by molar-refractivity contribution is 5.32. The van der Waals surface area contributed by atoms with Gasteiger partial charge in [0.2, 0.25) is 0 Å². The molecule has 20 heavy (non-hydrogen) atoms. The van der Waals surface area contributed by atoms with Gasteiger partial charge in [-0.1, -0.05) is 13.3 Å². The number of hydrogen-bond donors (Lipinski definition) is 1. The van der Waals surface area contributed by atoms with Crippen LogP contribution in [0.5, 0.6) is 0 Å². The van der Waals surface area contributed by atoms with Crippen LogP contribution in [0, 0.1) is 6.92 Å². The fraction of sp³-hybridized carbons (Fsp3) is 0.500. The molecule has 1 aliphatic carbocycles. The van der Waals surface area contributed by atoms with Crippen molar-refractivity contribution in [2.24, 2.45) is 0 Å². The lowest BCUT2D eigenvalue weighted by atomic mass is 10.1. The Balaban J connectivity index is 1.88. The van der Waals surface area contributed by atoms with E-state index in [-0.39, 0.29) is 0 Å². The summed E-state index contributed by atoms with van der Waals surface area (Å²) in [5, 5.41) is 3.58. The number of pyridine rings is 1. The Bertz CT molecular complexity index is 584. The zero-order chi connectivity index (χ0) is 13.9. The summed E-state index contributed by atoms with van der Waals surface area (Å²) in [6.07, 6.45) is 8.59. The molecule has 0 amide bonds. The Morgan fingerprint density at radius 2 is 2.20 bits per heavy atom. The van der Waals surface area contributed by atoms with Crippen LogP contribution in [0.25, 0.3) is 5.82 Å². The Hall–Kier alpha value is -1.68. The van der Waals surface area contributed by atoms with Gasteiger partial charge in [-0.2, -0.15) is 0 Å². The summed E-state index contributed by atoms with van der Waals surface area (Å²) >= 11 is 0. The van der Waals surface area contributed by atoms with Gasteiger partial charge in [0.15, 0.2) is 0 Å². The molecule has 0 unspecified atom stereocenters. The molecule has 1 aliphatic rings. The molecule has 2 aromatic rings. The number of rotatable bonds is 6. The average molecular weight is 270 g/mol. The SMILES string of the molecule is CCCc1cc(CNC2CC2)cc(-n2ccnc2C)n1. The maximum absolute atomic E-state index is 4.76. The molecule has 1 fully saturated rings. The highest BCUT2D eigenvalue weighted by atomic mass is 15.1. The summed E-state index contributed by atoms with van der Waals surface area (Å²) in [6.45, 7) is 5.14. The molecule has 106 valence electrons. The highest BCUT2D eigenvalue weighted by Gasteiger charge is 2.20. The standard InChI is InChI=1S/C16H22N4/c1-3-4-15-9-13(11-18-14-5-6-14)10-16(19-15)20-8-7-17-12(20)2/h7-10,14,18H,3-6,11H2,1-2H3. The maximum atomic E-state index is 4.76.